The number of rotatable bonds is 4. The van der Waals surface area contributed by atoms with E-state index in [0.29, 0.717) is 5.75 Å². The van der Waals surface area contributed by atoms with Crippen LogP contribution in [0, 0.1) is 11.7 Å². The molecule has 0 saturated heterocycles. The summed E-state index contributed by atoms with van der Waals surface area (Å²) in [5.41, 5.74) is 0.832. The van der Waals surface area contributed by atoms with E-state index in [0.717, 1.165) is 11.5 Å². The highest BCUT2D eigenvalue weighted by atomic mass is 19.1. The molecule has 1 nitrogen and oxygen atoms in total. The lowest BCUT2D eigenvalue weighted by atomic mass is 10.0. The molecule has 0 atom stereocenters. The largest absolute Gasteiger partial charge is 0.488 e. The van der Waals surface area contributed by atoms with Gasteiger partial charge in [0.2, 0.25) is 0 Å². The topological polar surface area (TPSA) is 9.23 Å². The van der Waals surface area contributed by atoms with Crippen LogP contribution in [0.4, 0.5) is 4.39 Å². The molecular weight excluding hydrogens is 191 g/mol. The second kappa shape index (κ2) is 4.96. The highest BCUT2D eigenvalue weighted by Crippen LogP contribution is 2.23. The Morgan fingerprint density at radius 2 is 2.13 bits per heavy atom. The van der Waals surface area contributed by atoms with Crippen LogP contribution in [0.5, 0.6) is 5.75 Å². The van der Waals surface area contributed by atoms with E-state index < -0.39 is 0 Å². The maximum atomic E-state index is 13.5. The number of hydrogen-bond donors (Lipinski definition) is 0. The van der Waals surface area contributed by atoms with Gasteiger partial charge in [0.1, 0.15) is 0 Å². The van der Waals surface area contributed by atoms with E-state index in [-0.39, 0.29) is 11.9 Å². The molecule has 15 heavy (non-hydrogen) atoms. The van der Waals surface area contributed by atoms with E-state index >= 15 is 0 Å². The van der Waals surface area contributed by atoms with Gasteiger partial charge in [0.15, 0.2) is 11.6 Å². The molecule has 0 unspecified atom stereocenters. The zero-order valence-corrected chi connectivity index (χ0v) is 9.38. The smallest absolute Gasteiger partial charge is 0.165 e. The number of hydrogen-bond acceptors (Lipinski definition) is 1. The van der Waals surface area contributed by atoms with Gasteiger partial charge in [-0.05, 0) is 31.5 Å². The van der Waals surface area contributed by atoms with Crippen LogP contribution < -0.4 is 4.74 Å². The Morgan fingerprint density at radius 3 is 2.60 bits per heavy atom. The number of benzene rings is 1. The van der Waals surface area contributed by atoms with Crippen LogP contribution in [0.2, 0.25) is 0 Å². The predicted octanol–water partition coefficient (Wildman–Crippen LogP) is 3.74. The molecule has 1 radical (unpaired) electrons. The molecule has 0 aliphatic carbocycles. The maximum absolute atomic E-state index is 13.5. The van der Waals surface area contributed by atoms with Gasteiger partial charge in [0, 0.05) is 5.92 Å². The van der Waals surface area contributed by atoms with Crippen molar-refractivity contribution in [3.63, 3.8) is 0 Å². The van der Waals surface area contributed by atoms with E-state index in [1.807, 2.05) is 26.8 Å². The third-order valence-electron chi connectivity index (χ3n) is 2.06. The molecule has 0 aromatic heterocycles. The van der Waals surface area contributed by atoms with Gasteiger partial charge < -0.3 is 4.74 Å². The number of allylic oxidation sites excluding steroid dienone is 1. The fourth-order valence-electron chi connectivity index (χ4n) is 1.21. The first-order valence-electron chi connectivity index (χ1n) is 4.97. The highest BCUT2D eigenvalue weighted by Gasteiger charge is 2.09. The molecule has 2 heteroatoms. The van der Waals surface area contributed by atoms with Gasteiger partial charge >= 0.3 is 0 Å². The minimum Gasteiger partial charge on any atom is -0.488 e. The summed E-state index contributed by atoms with van der Waals surface area (Å²) >= 11 is 0. The SMILES string of the molecule is C=C[C](C)c1ccc(OC(C)C)c(F)c1. The summed E-state index contributed by atoms with van der Waals surface area (Å²) in [6.07, 6.45) is 1.69. The summed E-state index contributed by atoms with van der Waals surface area (Å²) in [7, 11) is 0. The van der Waals surface area contributed by atoms with E-state index in [2.05, 4.69) is 6.58 Å². The second-order valence-electron chi connectivity index (χ2n) is 3.70. The Balaban J connectivity index is 2.92. The Kier molecular flexibility index (Phi) is 3.89. The lowest BCUT2D eigenvalue weighted by molar-refractivity contribution is 0.231. The van der Waals surface area contributed by atoms with Gasteiger partial charge in [-0.25, -0.2) is 4.39 Å². The minimum absolute atomic E-state index is 0.0187. The van der Waals surface area contributed by atoms with Crippen molar-refractivity contribution in [2.24, 2.45) is 0 Å². The molecule has 0 amide bonds. The van der Waals surface area contributed by atoms with E-state index in [9.17, 15) is 4.39 Å². The Bertz CT molecular complexity index is 344. The predicted molar refractivity (Wildman–Crippen MR) is 60.4 cm³/mol. The molecule has 0 N–H and O–H groups in total. The molecule has 0 heterocycles. The first kappa shape index (κ1) is 11.8. The van der Waals surface area contributed by atoms with Crippen LogP contribution in [0.25, 0.3) is 0 Å². The van der Waals surface area contributed by atoms with Gasteiger partial charge in [-0.1, -0.05) is 19.1 Å². The summed E-state index contributed by atoms with van der Waals surface area (Å²) in [5, 5.41) is 0. The van der Waals surface area contributed by atoms with Crippen LogP contribution in [-0.2, 0) is 0 Å². The van der Waals surface area contributed by atoms with Crippen molar-refractivity contribution >= 4 is 0 Å². The quantitative estimate of drug-likeness (QED) is 0.730. The third-order valence-corrected chi connectivity index (χ3v) is 2.06. The molecule has 0 aliphatic rings. The number of halogens is 1. The van der Waals surface area contributed by atoms with Crippen molar-refractivity contribution in [1.29, 1.82) is 0 Å². The Labute approximate surface area is 90.6 Å². The van der Waals surface area contributed by atoms with Crippen molar-refractivity contribution in [1.82, 2.24) is 0 Å². The molecule has 0 saturated carbocycles. The van der Waals surface area contributed by atoms with Crippen LogP contribution in [0.15, 0.2) is 30.9 Å². The van der Waals surface area contributed by atoms with Crippen LogP contribution in [0.1, 0.15) is 26.3 Å². The van der Waals surface area contributed by atoms with Crippen LogP contribution in [0.3, 0.4) is 0 Å². The Hall–Kier alpha value is -1.31. The third kappa shape index (κ3) is 3.08. The average molecular weight is 207 g/mol. The van der Waals surface area contributed by atoms with Gasteiger partial charge in [0.05, 0.1) is 6.10 Å². The standard InChI is InChI=1S/C13H16FO/c1-5-10(4)11-6-7-13(12(14)8-11)15-9(2)3/h5-9H,1H2,2-4H3. The molecule has 1 aromatic rings. The molecule has 0 aliphatic heterocycles. The van der Waals surface area contributed by atoms with Gasteiger partial charge in [-0.2, -0.15) is 0 Å². The van der Waals surface area contributed by atoms with Gasteiger partial charge in [-0.3, -0.25) is 0 Å². The maximum Gasteiger partial charge on any atom is 0.165 e. The van der Waals surface area contributed by atoms with Gasteiger partial charge in [-0.15, -0.1) is 6.58 Å². The first-order valence-corrected chi connectivity index (χ1v) is 4.97. The zero-order chi connectivity index (χ0) is 11.4. The lowest BCUT2D eigenvalue weighted by Crippen LogP contribution is -2.07. The van der Waals surface area contributed by atoms with Crippen molar-refractivity contribution in [2.75, 3.05) is 0 Å². The summed E-state index contributed by atoms with van der Waals surface area (Å²) in [6.45, 7) is 9.28. The molecule has 81 valence electrons. The first-order chi connectivity index (χ1) is 7.04. The molecule has 1 rings (SSSR count). The molecule has 0 bridgehead atoms. The molecule has 0 spiro atoms. The van der Waals surface area contributed by atoms with Gasteiger partial charge in [0.25, 0.3) is 0 Å². The lowest BCUT2D eigenvalue weighted by Gasteiger charge is -2.12. The summed E-state index contributed by atoms with van der Waals surface area (Å²) in [6, 6.07) is 4.95. The van der Waals surface area contributed by atoms with Crippen molar-refractivity contribution in [3.8, 4) is 5.75 Å². The second-order valence-corrected chi connectivity index (χ2v) is 3.70. The van der Waals surface area contributed by atoms with E-state index in [1.54, 1.807) is 12.1 Å². The van der Waals surface area contributed by atoms with Crippen LogP contribution >= 0.6 is 0 Å². The fraction of sp³-hybridized carbons (Fsp3) is 0.308. The average Bonchev–Trinajstić information content (AvgIpc) is 2.19. The minimum atomic E-state index is -0.331. The number of ether oxygens (including phenoxy) is 1. The zero-order valence-electron chi connectivity index (χ0n) is 9.38. The van der Waals surface area contributed by atoms with E-state index in [1.165, 1.54) is 6.07 Å². The summed E-state index contributed by atoms with van der Waals surface area (Å²) in [5.74, 6) is 0.915. The van der Waals surface area contributed by atoms with E-state index in [4.69, 9.17) is 4.74 Å². The molecule has 0 fully saturated rings. The van der Waals surface area contributed by atoms with Crippen LogP contribution in [-0.4, -0.2) is 6.10 Å². The normalized spacial score (nSPS) is 10.8. The van der Waals surface area contributed by atoms with Crippen molar-refractivity contribution in [2.45, 2.75) is 26.9 Å². The highest BCUT2D eigenvalue weighted by molar-refractivity contribution is 5.39. The Morgan fingerprint density at radius 1 is 1.47 bits per heavy atom. The van der Waals surface area contributed by atoms with Crippen molar-refractivity contribution in [3.05, 3.63) is 48.2 Å². The monoisotopic (exact) mass is 207 g/mol. The summed E-state index contributed by atoms with van der Waals surface area (Å²) < 4.78 is 18.8. The molecule has 1 aromatic carbocycles. The fourth-order valence-corrected chi connectivity index (χ4v) is 1.21. The summed E-state index contributed by atoms with van der Waals surface area (Å²) in [4.78, 5) is 0. The molecular formula is C13H16FO. The van der Waals surface area contributed by atoms with Crippen molar-refractivity contribution < 1.29 is 9.13 Å².